The number of nitrogen functional groups attached to an aromatic ring is 1. The number of ether oxygens (including phenoxy) is 1. The van der Waals surface area contributed by atoms with E-state index in [0.717, 1.165) is 89.4 Å². The van der Waals surface area contributed by atoms with E-state index in [9.17, 15) is 0 Å². The molecular formula is C20H30N8O. The number of nitrogens with zero attached hydrogens (tertiary/aromatic N) is 6. The van der Waals surface area contributed by atoms with Gasteiger partial charge in [0, 0.05) is 52.0 Å². The second kappa shape index (κ2) is 9.71. The van der Waals surface area contributed by atoms with Crippen LogP contribution in [0, 0.1) is 0 Å². The molecule has 0 aliphatic carbocycles. The third kappa shape index (κ3) is 5.04. The molecule has 2 aliphatic heterocycles. The third-order valence-corrected chi connectivity index (χ3v) is 5.46. The standard InChI is InChI=1S/C20H30N8O/c21-18-19(23-6-3-7-26-12-14-29-15-13-26)24-16-25-20(18)28-10-8-27(9-11-28)17-4-1-2-5-22-17/h1-2,4-5,16H,3,6-15,21H2,(H,23,24,25). The van der Waals surface area contributed by atoms with E-state index in [1.54, 1.807) is 6.33 Å². The zero-order valence-corrected chi connectivity index (χ0v) is 16.8. The molecule has 0 unspecified atom stereocenters. The van der Waals surface area contributed by atoms with Gasteiger partial charge in [-0.1, -0.05) is 6.07 Å². The van der Waals surface area contributed by atoms with Crippen LogP contribution in [0.4, 0.5) is 23.1 Å². The van der Waals surface area contributed by atoms with E-state index >= 15 is 0 Å². The van der Waals surface area contributed by atoms with Crippen molar-refractivity contribution in [2.45, 2.75) is 6.42 Å². The summed E-state index contributed by atoms with van der Waals surface area (Å²) in [4.78, 5) is 20.2. The maximum absolute atomic E-state index is 6.40. The van der Waals surface area contributed by atoms with Gasteiger partial charge in [0.15, 0.2) is 11.6 Å². The lowest BCUT2D eigenvalue weighted by Crippen LogP contribution is -2.47. The Kier molecular flexibility index (Phi) is 6.58. The van der Waals surface area contributed by atoms with Gasteiger partial charge in [-0.2, -0.15) is 0 Å². The molecule has 4 rings (SSSR count). The summed E-state index contributed by atoms with van der Waals surface area (Å²) >= 11 is 0. The second-order valence-corrected chi connectivity index (χ2v) is 7.36. The van der Waals surface area contributed by atoms with Crippen molar-refractivity contribution in [1.29, 1.82) is 0 Å². The largest absolute Gasteiger partial charge is 0.393 e. The van der Waals surface area contributed by atoms with Gasteiger partial charge in [-0.05, 0) is 25.1 Å². The Morgan fingerprint density at radius 2 is 1.76 bits per heavy atom. The molecule has 0 aromatic carbocycles. The minimum absolute atomic E-state index is 0.630. The van der Waals surface area contributed by atoms with Crippen molar-refractivity contribution >= 4 is 23.1 Å². The number of morpholine rings is 1. The van der Waals surface area contributed by atoms with Crippen LogP contribution in [-0.4, -0.2) is 85.4 Å². The molecule has 0 atom stereocenters. The van der Waals surface area contributed by atoms with Crippen molar-refractivity contribution in [2.75, 3.05) is 86.4 Å². The first-order valence-corrected chi connectivity index (χ1v) is 10.4. The minimum Gasteiger partial charge on any atom is -0.393 e. The topological polar surface area (TPSA) is 95.7 Å². The fraction of sp³-hybridized carbons (Fsp3) is 0.550. The molecule has 2 aliphatic rings. The van der Waals surface area contributed by atoms with Crippen LogP contribution >= 0.6 is 0 Å². The Labute approximate surface area is 171 Å². The van der Waals surface area contributed by atoms with Crippen LogP contribution in [-0.2, 0) is 4.74 Å². The molecule has 29 heavy (non-hydrogen) atoms. The average Bonchev–Trinajstić information content (AvgIpc) is 2.79. The fourth-order valence-electron chi connectivity index (χ4n) is 3.80. The quantitative estimate of drug-likeness (QED) is 0.660. The molecular weight excluding hydrogens is 368 g/mol. The molecule has 2 fully saturated rings. The number of rotatable bonds is 7. The van der Waals surface area contributed by atoms with Gasteiger partial charge in [0.25, 0.3) is 0 Å². The molecule has 0 saturated carbocycles. The first kappa shape index (κ1) is 19.7. The zero-order chi connectivity index (χ0) is 19.9. The van der Waals surface area contributed by atoms with Crippen molar-refractivity contribution in [3.05, 3.63) is 30.7 Å². The summed E-state index contributed by atoms with van der Waals surface area (Å²) in [5.41, 5.74) is 7.03. The third-order valence-electron chi connectivity index (χ3n) is 5.46. The molecule has 2 saturated heterocycles. The number of nitrogens with one attached hydrogen (secondary N) is 1. The predicted molar refractivity (Wildman–Crippen MR) is 115 cm³/mol. The monoisotopic (exact) mass is 398 g/mol. The summed E-state index contributed by atoms with van der Waals surface area (Å²) in [5, 5.41) is 3.39. The van der Waals surface area contributed by atoms with E-state index < -0.39 is 0 Å². The molecule has 9 heteroatoms. The van der Waals surface area contributed by atoms with Crippen molar-refractivity contribution < 1.29 is 4.74 Å². The highest BCUT2D eigenvalue weighted by molar-refractivity contribution is 5.75. The molecule has 156 valence electrons. The first-order chi connectivity index (χ1) is 14.3. The normalized spacial score (nSPS) is 18.1. The number of nitrogens with two attached hydrogens (primary N) is 1. The smallest absolute Gasteiger partial charge is 0.157 e. The SMILES string of the molecule is Nc1c(NCCCN2CCOCC2)ncnc1N1CCN(c2ccccn2)CC1. The van der Waals surface area contributed by atoms with Crippen LogP contribution in [0.1, 0.15) is 6.42 Å². The highest BCUT2D eigenvalue weighted by Crippen LogP contribution is 2.27. The summed E-state index contributed by atoms with van der Waals surface area (Å²) in [6.07, 6.45) is 4.48. The summed E-state index contributed by atoms with van der Waals surface area (Å²) in [7, 11) is 0. The Hall–Kier alpha value is -2.65. The number of piperazine rings is 1. The van der Waals surface area contributed by atoms with E-state index in [0.29, 0.717) is 5.69 Å². The van der Waals surface area contributed by atoms with E-state index in [1.807, 2.05) is 24.4 Å². The van der Waals surface area contributed by atoms with Gasteiger partial charge in [-0.3, -0.25) is 4.90 Å². The fourth-order valence-corrected chi connectivity index (χ4v) is 3.80. The molecule has 2 aromatic rings. The summed E-state index contributed by atoms with van der Waals surface area (Å²) < 4.78 is 5.39. The van der Waals surface area contributed by atoms with Crippen LogP contribution in [0.25, 0.3) is 0 Å². The molecule has 0 radical (unpaired) electrons. The van der Waals surface area contributed by atoms with Crippen LogP contribution in [0.5, 0.6) is 0 Å². The van der Waals surface area contributed by atoms with Gasteiger partial charge in [0.2, 0.25) is 0 Å². The van der Waals surface area contributed by atoms with Gasteiger partial charge >= 0.3 is 0 Å². The second-order valence-electron chi connectivity index (χ2n) is 7.36. The molecule has 9 nitrogen and oxygen atoms in total. The number of aromatic nitrogens is 3. The highest BCUT2D eigenvalue weighted by Gasteiger charge is 2.22. The Balaban J connectivity index is 1.29. The summed E-state index contributed by atoms with van der Waals surface area (Å²) in [5.74, 6) is 2.56. The molecule has 0 amide bonds. The number of hydrogen-bond acceptors (Lipinski definition) is 9. The Bertz CT molecular complexity index is 760. The van der Waals surface area contributed by atoms with Crippen LogP contribution in [0.2, 0.25) is 0 Å². The van der Waals surface area contributed by atoms with E-state index in [-0.39, 0.29) is 0 Å². The molecule has 2 aromatic heterocycles. The van der Waals surface area contributed by atoms with Crippen LogP contribution < -0.4 is 20.9 Å². The number of anilines is 4. The van der Waals surface area contributed by atoms with Gasteiger partial charge in [-0.15, -0.1) is 0 Å². The summed E-state index contributed by atoms with van der Waals surface area (Å²) in [6, 6.07) is 6.01. The average molecular weight is 399 g/mol. The van der Waals surface area contributed by atoms with Crippen LogP contribution in [0.3, 0.4) is 0 Å². The van der Waals surface area contributed by atoms with Gasteiger partial charge in [0.05, 0.1) is 13.2 Å². The minimum atomic E-state index is 0.630. The van der Waals surface area contributed by atoms with E-state index in [4.69, 9.17) is 10.5 Å². The van der Waals surface area contributed by atoms with E-state index in [2.05, 4.69) is 35.0 Å². The molecule has 3 N–H and O–H groups in total. The van der Waals surface area contributed by atoms with Gasteiger partial charge in [0.1, 0.15) is 17.8 Å². The lowest BCUT2D eigenvalue weighted by molar-refractivity contribution is 0.0378. The zero-order valence-electron chi connectivity index (χ0n) is 16.8. The number of hydrogen-bond donors (Lipinski definition) is 2. The van der Waals surface area contributed by atoms with Gasteiger partial charge in [-0.25, -0.2) is 15.0 Å². The van der Waals surface area contributed by atoms with Gasteiger partial charge < -0.3 is 25.6 Å². The maximum Gasteiger partial charge on any atom is 0.157 e. The lowest BCUT2D eigenvalue weighted by Gasteiger charge is -2.36. The maximum atomic E-state index is 6.40. The van der Waals surface area contributed by atoms with E-state index in [1.165, 1.54) is 0 Å². The van der Waals surface area contributed by atoms with Crippen molar-refractivity contribution in [3.63, 3.8) is 0 Å². The summed E-state index contributed by atoms with van der Waals surface area (Å²) in [6.45, 7) is 9.10. The molecule has 0 bridgehead atoms. The van der Waals surface area contributed by atoms with Crippen molar-refractivity contribution in [2.24, 2.45) is 0 Å². The van der Waals surface area contributed by atoms with Crippen molar-refractivity contribution in [1.82, 2.24) is 19.9 Å². The Morgan fingerprint density at radius 3 is 2.52 bits per heavy atom. The lowest BCUT2D eigenvalue weighted by atomic mass is 10.2. The van der Waals surface area contributed by atoms with Crippen molar-refractivity contribution in [3.8, 4) is 0 Å². The number of pyridine rings is 1. The molecule has 0 spiro atoms. The first-order valence-electron chi connectivity index (χ1n) is 10.4. The predicted octanol–water partition coefficient (Wildman–Crippen LogP) is 0.915. The molecule has 4 heterocycles. The van der Waals surface area contributed by atoms with Crippen LogP contribution in [0.15, 0.2) is 30.7 Å². The Morgan fingerprint density at radius 1 is 0.966 bits per heavy atom. The highest BCUT2D eigenvalue weighted by atomic mass is 16.5.